The van der Waals surface area contributed by atoms with Crippen LogP contribution in [0.2, 0.25) is 5.02 Å². The number of hydrogen-bond donors (Lipinski definition) is 2. The van der Waals surface area contributed by atoms with Crippen LogP contribution >= 0.6 is 11.6 Å². The lowest BCUT2D eigenvalue weighted by molar-refractivity contribution is -0.136. The highest BCUT2D eigenvalue weighted by atomic mass is 35.5. The van der Waals surface area contributed by atoms with Crippen molar-refractivity contribution in [1.82, 2.24) is 5.32 Å². The molecule has 0 fully saturated rings. The van der Waals surface area contributed by atoms with E-state index in [-0.39, 0.29) is 0 Å². The van der Waals surface area contributed by atoms with Gasteiger partial charge >= 0.3 is 11.8 Å². The fourth-order valence-electron chi connectivity index (χ4n) is 2.18. The summed E-state index contributed by atoms with van der Waals surface area (Å²) < 4.78 is 0. The maximum Gasteiger partial charge on any atom is 0.313 e. The Kier molecular flexibility index (Phi) is 5.77. The van der Waals surface area contributed by atoms with Gasteiger partial charge in [-0.05, 0) is 49.6 Å². The average molecular weight is 331 g/mol. The van der Waals surface area contributed by atoms with Crippen LogP contribution in [0.3, 0.4) is 0 Å². The van der Waals surface area contributed by atoms with Crippen molar-refractivity contribution in [3.63, 3.8) is 0 Å². The zero-order valence-electron chi connectivity index (χ0n) is 13.2. The van der Waals surface area contributed by atoms with Crippen molar-refractivity contribution >= 4 is 29.1 Å². The highest BCUT2D eigenvalue weighted by molar-refractivity contribution is 6.39. The summed E-state index contributed by atoms with van der Waals surface area (Å²) in [7, 11) is 0. The predicted molar refractivity (Wildman–Crippen MR) is 92.7 cm³/mol. The summed E-state index contributed by atoms with van der Waals surface area (Å²) in [5.74, 6) is -1.30. The second-order valence-electron chi connectivity index (χ2n) is 5.40. The average Bonchev–Trinajstić information content (AvgIpc) is 2.51. The molecule has 0 bridgehead atoms. The second kappa shape index (κ2) is 7.79. The van der Waals surface area contributed by atoms with E-state index in [1.54, 1.807) is 18.2 Å². The van der Waals surface area contributed by atoms with Crippen LogP contribution in [0.15, 0.2) is 42.5 Å². The van der Waals surface area contributed by atoms with Crippen LogP contribution in [-0.2, 0) is 16.0 Å². The van der Waals surface area contributed by atoms with Crippen molar-refractivity contribution in [1.29, 1.82) is 0 Å². The minimum absolute atomic E-state index is 0.390. The number of carbonyl (C=O) groups is 2. The molecule has 120 valence electrons. The van der Waals surface area contributed by atoms with Crippen LogP contribution < -0.4 is 10.6 Å². The van der Waals surface area contributed by atoms with E-state index in [0.717, 1.165) is 16.7 Å². The Morgan fingerprint density at radius 3 is 2.35 bits per heavy atom. The van der Waals surface area contributed by atoms with Crippen LogP contribution in [-0.4, -0.2) is 18.4 Å². The molecule has 2 rings (SSSR count). The van der Waals surface area contributed by atoms with Gasteiger partial charge < -0.3 is 10.6 Å². The van der Waals surface area contributed by atoms with Crippen molar-refractivity contribution in [3.05, 3.63) is 64.2 Å². The Labute approximate surface area is 140 Å². The van der Waals surface area contributed by atoms with Gasteiger partial charge in [-0.25, -0.2) is 0 Å². The molecule has 0 aliphatic heterocycles. The highest BCUT2D eigenvalue weighted by Crippen LogP contribution is 2.15. The quantitative estimate of drug-likeness (QED) is 0.845. The molecule has 23 heavy (non-hydrogen) atoms. The van der Waals surface area contributed by atoms with Gasteiger partial charge in [0.2, 0.25) is 0 Å². The maximum absolute atomic E-state index is 11.9. The van der Waals surface area contributed by atoms with E-state index in [1.165, 1.54) is 0 Å². The monoisotopic (exact) mass is 330 g/mol. The molecule has 2 amide bonds. The summed E-state index contributed by atoms with van der Waals surface area (Å²) in [5.41, 5.74) is 3.72. The third-order valence-corrected chi connectivity index (χ3v) is 3.70. The molecule has 0 aromatic heterocycles. The van der Waals surface area contributed by atoms with Crippen LogP contribution in [0, 0.1) is 13.8 Å². The summed E-state index contributed by atoms with van der Waals surface area (Å²) >= 11 is 5.81. The fourth-order valence-corrected chi connectivity index (χ4v) is 2.31. The first-order valence-corrected chi connectivity index (χ1v) is 7.74. The van der Waals surface area contributed by atoms with Crippen LogP contribution in [0.25, 0.3) is 0 Å². The van der Waals surface area contributed by atoms with Gasteiger partial charge in [-0.15, -0.1) is 0 Å². The first-order chi connectivity index (χ1) is 11.0. The third kappa shape index (κ3) is 5.11. The standard InChI is InChI=1S/C18H19ClN2O2/c1-12-3-8-16(13(2)11-12)21-18(23)17(22)20-10-9-14-4-6-15(19)7-5-14/h3-8,11H,9-10H2,1-2H3,(H,20,22)(H,21,23). The predicted octanol–water partition coefficient (Wildman–Crippen LogP) is 3.25. The molecule has 0 aliphatic carbocycles. The topological polar surface area (TPSA) is 58.2 Å². The molecule has 4 nitrogen and oxygen atoms in total. The molecule has 0 aliphatic rings. The molecule has 0 unspecified atom stereocenters. The van der Waals surface area contributed by atoms with Gasteiger partial charge in [-0.2, -0.15) is 0 Å². The zero-order valence-corrected chi connectivity index (χ0v) is 13.9. The molecule has 0 spiro atoms. The van der Waals surface area contributed by atoms with E-state index in [9.17, 15) is 9.59 Å². The molecule has 0 saturated heterocycles. The molecule has 5 heteroatoms. The van der Waals surface area contributed by atoms with Crippen molar-refractivity contribution in [2.45, 2.75) is 20.3 Å². The third-order valence-electron chi connectivity index (χ3n) is 3.45. The summed E-state index contributed by atoms with van der Waals surface area (Å²) in [6.07, 6.45) is 0.639. The normalized spacial score (nSPS) is 10.2. The van der Waals surface area contributed by atoms with Crippen molar-refractivity contribution < 1.29 is 9.59 Å². The Morgan fingerprint density at radius 2 is 1.70 bits per heavy atom. The number of benzene rings is 2. The summed E-state index contributed by atoms with van der Waals surface area (Å²) in [6, 6.07) is 13.0. The number of amides is 2. The Balaban J connectivity index is 1.83. The lowest BCUT2D eigenvalue weighted by atomic mass is 10.1. The number of rotatable bonds is 4. The van der Waals surface area contributed by atoms with Gasteiger partial charge in [0.05, 0.1) is 0 Å². The minimum atomic E-state index is -0.659. The van der Waals surface area contributed by atoms with E-state index >= 15 is 0 Å². The molecule has 0 atom stereocenters. The highest BCUT2D eigenvalue weighted by Gasteiger charge is 2.14. The van der Waals surface area contributed by atoms with E-state index < -0.39 is 11.8 Å². The van der Waals surface area contributed by atoms with Crippen molar-refractivity contribution in [2.24, 2.45) is 0 Å². The van der Waals surface area contributed by atoms with Gasteiger partial charge in [0.1, 0.15) is 0 Å². The SMILES string of the molecule is Cc1ccc(NC(=O)C(=O)NCCc2ccc(Cl)cc2)c(C)c1. The first kappa shape index (κ1) is 17.0. The number of nitrogens with one attached hydrogen (secondary N) is 2. The van der Waals surface area contributed by atoms with Gasteiger partial charge in [0, 0.05) is 17.3 Å². The number of aryl methyl sites for hydroxylation is 2. The lowest BCUT2D eigenvalue weighted by Crippen LogP contribution is -2.36. The van der Waals surface area contributed by atoms with Crippen molar-refractivity contribution in [3.8, 4) is 0 Å². The summed E-state index contributed by atoms with van der Waals surface area (Å²) in [6.45, 7) is 4.25. The van der Waals surface area contributed by atoms with Crippen molar-refractivity contribution in [2.75, 3.05) is 11.9 Å². The van der Waals surface area contributed by atoms with Gasteiger partial charge in [0.15, 0.2) is 0 Å². The molecule has 2 aromatic rings. The van der Waals surface area contributed by atoms with E-state index in [1.807, 2.05) is 38.1 Å². The zero-order chi connectivity index (χ0) is 16.8. The molecular weight excluding hydrogens is 312 g/mol. The number of carbonyl (C=O) groups excluding carboxylic acids is 2. The molecule has 2 N–H and O–H groups in total. The first-order valence-electron chi connectivity index (χ1n) is 7.36. The lowest BCUT2D eigenvalue weighted by Gasteiger charge is -2.09. The van der Waals surface area contributed by atoms with Gasteiger partial charge in [-0.1, -0.05) is 41.4 Å². The fraction of sp³-hybridized carbons (Fsp3) is 0.222. The number of anilines is 1. The smallest absolute Gasteiger partial charge is 0.313 e. The summed E-state index contributed by atoms with van der Waals surface area (Å²) in [5, 5.41) is 5.91. The largest absolute Gasteiger partial charge is 0.347 e. The second-order valence-corrected chi connectivity index (χ2v) is 5.84. The van der Waals surface area contributed by atoms with Crippen LogP contribution in [0.5, 0.6) is 0 Å². The van der Waals surface area contributed by atoms with Crippen LogP contribution in [0.1, 0.15) is 16.7 Å². The van der Waals surface area contributed by atoms with Crippen LogP contribution in [0.4, 0.5) is 5.69 Å². The molecule has 0 saturated carbocycles. The number of halogens is 1. The Morgan fingerprint density at radius 1 is 1.00 bits per heavy atom. The number of hydrogen-bond acceptors (Lipinski definition) is 2. The molecule has 2 aromatic carbocycles. The molecular formula is C18H19ClN2O2. The molecule has 0 heterocycles. The van der Waals surface area contributed by atoms with Gasteiger partial charge in [-0.3, -0.25) is 9.59 Å². The minimum Gasteiger partial charge on any atom is -0.347 e. The van der Waals surface area contributed by atoms with E-state index in [2.05, 4.69) is 10.6 Å². The van der Waals surface area contributed by atoms with E-state index in [4.69, 9.17) is 11.6 Å². The summed E-state index contributed by atoms with van der Waals surface area (Å²) in [4.78, 5) is 23.7. The molecule has 0 radical (unpaired) electrons. The maximum atomic E-state index is 11.9. The Bertz CT molecular complexity index is 711. The van der Waals surface area contributed by atoms with E-state index in [0.29, 0.717) is 23.7 Å². The van der Waals surface area contributed by atoms with Gasteiger partial charge in [0.25, 0.3) is 0 Å². The Hall–Kier alpha value is -2.33.